The molecule has 3 saturated heterocycles. The number of aliphatic carboxylic acids is 2. The third-order valence-electron chi connectivity index (χ3n) is 4.84. The predicted octanol–water partition coefficient (Wildman–Crippen LogP) is 3.34. The van der Waals surface area contributed by atoms with Gasteiger partial charge in [0.15, 0.2) is 0 Å². The Morgan fingerprint density at radius 3 is 2.37 bits per heavy atom. The van der Waals surface area contributed by atoms with Gasteiger partial charge in [-0.1, -0.05) is 19.8 Å². The van der Waals surface area contributed by atoms with Crippen LogP contribution in [0.25, 0.3) is 0 Å². The Morgan fingerprint density at radius 2 is 1.85 bits per heavy atom. The van der Waals surface area contributed by atoms with E-state index >= 15 is 0 Å². The van der Waals surface area contributed by atoms with Gasteiger partial charge in [0.05, 0.1) is 17.4 Å². The number of carboxylic acids is 2. The second kappa shape index (κ2) is 11.4. The zero-order valence-corrected chi connectivity index (χ0v) is 17.2. The summed E-state index contributed by atoms with van der Waals surface area (Å²) < 4.78 is 9.19. The van der Waals surface area contributed by atoms with Gasteiger partial charge in [-0.25, -0.2) is 9.59 Å². The zero-order chi connectivity index (χ0) is 19.6. The van der Waals surface area contributed by atoms with Crippen molar-refractivity contribution in [3.63, 3.8) is 0 Å². The standard InChI is InChI=1S/C14H23N3S2.C4H4O4/c1-2-3-4-9-18-14-13(15-19-16-14)12-10-17-7-5-11(12)6-8-17;5-3(6)1-2-4(7)8/h11-12H,2-10H2,1H3;1-2H,(H,5,6)(H,7,8). The quantitative estimate of drug-likeness (QED) is 0.380. The summed E-state index contributed by atoms with van der Waals surface area (Å²) in [6, 6.07) is 0. The van der Waals surface area contributed by atoms with Crippen LogP contribution in [0, 0.1) is 5.92 Å². The molecule has 4 rings (SSSR count). The number of nitrogens with zero attached hydrogens (tertiary/aromatic N) is 3. The number of piperidine rings is 3. The van der Waals surface area contributed by atoms with E-state index in [-0.39, 0.29) is 0 Å². The minimum Gasteiger partial charge on any atom is -0.478 e. The molecule has 4 heterocycles. The summed E-state index contributed by atoms with van der Waals surface area (Å²) in [4.78, 5) is 21.7. The lowest BCUT2D eigenvalue weighted by atomic mass is 9.78. The summed E-state index contributed by atoms with van der Waals surface area (Å²) in [5, 5.41) is 16.9. The van der Waals surface area contributed by atoms with Crippen molar-refractivity contribution in [2.24, 2.45) is 5.92 Å². The van der Waals surface area contributed by atoms with E-state index in [1.54, 1.807) is 0 Å². The number of carbonyl (C=O) groups is 2. The van der Waals surface area contributed by atoms with Crippen molar-refractivity contribution in [1.29, 1.82) is 0 Å². The summed E-state index contributed by atoms with van der Waals surface area (Å²) >= 11 is 3.34. The summed E-state index contributed by atoms with van der Waals surface area (Å²) in [5.74, 6) is 0.214. The maximum Gasteiger partial charge on any atom is 0.328 e. The molecule has 0 aliphatic carbocycles. The average molecular weight is 414 g/mol. The molecule has 9 heteroatoms. The first-order valence-electron chi connectivity index (χ1n) is 9.32. The molecule has 3 fully saturated rings. The third kappa shape index (κ3) is 7.23. The Balaban J connectivity index is 0.000000279. The van der Waals surface area contributed by atoms with Gasteiger partial charge in [0.2, 0.25) is 0 Å². The van der Waals surface area contributed by atoms with Crippen molar-refractivity contribution in [2.45, 2.75) is 50.0 Å². The molecule has 0 saturated carbocycles. The number of carboxylic acid groups (broad SMARTS) is 2. The highest BCUT2D eigenvalue weighted by Gasteiger charge is 2.37. The lowest BCUT2D eigenvalue weighted by molar-refractivity contribution is -0.134. The molecule has 1 unspecified atom stereocenters. The van der Waals surface area contributed by atoms with Crippen molar-refractivity contribution < 1.29 is 19.8 Å². The fraction of sp³-hybridized carbons (Fsp3) is 0.667. The van der Waals surface area contributed by atoms with Crippen molar-refractivity contribution in [3.05, 3.63) is 17.8 Å². The van der Waals surface area contributed by atoms with Crippen molar-refractivity contribution in [3.8, 4) is 0 Å². The van der Waals surface area contributed by atoms with Crippen molar-refractivity contribution in [2.75, 3.05) is 25.4 Å². The molecule has 27 heavy (non-hydrogen) atoms. The number of aromatic nitrogens is 2. The van der Waals surface area contributed by atoms with Crippen molar-refractivity contribution in [1.82, 2.24) is 13.6 Å². The summed E-state index contributed by atoms with van der Waals surface area (Å²) in [5.41, 5.74) is 1.32. The van der Waals surface area contributed by atoms with Gasteiger partial charge < -0.3 is 15.1 Å². The van der Waals surface area contributed by atoms with Gasteiger partial charge in [0.25, 0.3) is 0 Å². The van der Waals surface area contributed by atoms with E-state index in [0.717, 1.165) is 5.92 Å². The van der Waals surface area contributed by atoms with Crippen LogP contribution < -0.4 is 0 Å². The first kappa shape index (κ1) is 21.8. The van der Waals surface area contributed by atoms with E-state index in [4.69, 9.17) is 10.2 Å². The van der Waals surface area contributed by atoms with E-state index < -0.39 is 11.9 Å². The molecule has 1 aromatic rings. The predicted molar refractivity (Wildman–Crippen MR) is 106 cm³/mol. The summed E-state index contributed by atoms with van der Waals surface area (Å²) in [6.07, 6.45) is 7.77. The Bertz CT molecular complexity index is 626. The molecule has 1 atom stereocenters. The second-order valence-corrected chi connectivity index (χ2v) is 8.38. The highest BCUT2D eigenvalue weighted by Crippen LogP contribution is 2.41. The zero-order valence-electron chi connectivity index (χ0n) is 15.5. The van der Waals surface area contributed by atoms with E-state index in [0.29, 0.717) is 18.1 Å². The Morgan fingerprint density at radius 1 is 1.19 bits per heavy atom. The fourth-order valence-electron chi connectivity index (χ4n) is 3.45. The molecular formula is C18H27N3O4S2. The molecule has 3 aliphatic heterocycles. The maximum atomic E-state index is 9.55. The molecular weight excluding hydrogens is 386 g/mol. The summed E-state index contributed by atoms with van der Waals surface area (Å²) in [7, 11) is 0. The van der Waals surface area contributed by atoms with Crippen LogP contribution in [0.15, 0.2) is 17.2 Å². The van der Waals surface area contributed by atoms with Gasteiger partial charge in [-0.3, -0.25) is 0 Å². The second-order valence-electron chi connectivity index (χ2n) is 6.76. The number of hydrogen-bond donors (Lipinski definition) is 2. The first-order valence-corrected chi connectivity index (χ1v) is 11.0. The maximum absolute atomic E-state index is 9.55. The number of rotatable bonds is 8. The van der Waals surface area contributed by atoms with Crippen LogP contribution in [0.4, 0.5) is 0 Å². The molecule has 2 bridgehead atoms. The Labute approximate surface area is 168 Å². The number of thioether (sulfide) groups is 1. The van der Waals surface area contributed by atoms with E-state index in [1.807, 2.05) is 11.8 Å². The van der Waals surface area contributed by atoms with E-state index in [9.17, 15) is 9.59 Å². The highest BCUT2D eigenvalue weighted by atomic mass is 32.2. The minimum absolute atomic E-state index is 0.558. The number of unbranched alkanes of at least 4 members (excludes halogenated alkanes) is 2. The van der Waals surface area contributed by atoms with Gasteiger partial charge in [-0.2, -0.15) is 8.75 Å². The highest BCUT2D eigenvalue weighted by molar-refractivity contribution is 7.99. The number of fused-ring (bicyclic) bond motifs is 3. The SMILES string of the molecule is CCCCCSc1nsnc1C1CN2CCC1CC2.O=C(O)C=CC(=O)O. The van der Waals surface area contributed by atoms with Crippen LogP contribution in [0.2, 0.25) is 0 Å². The molecule has 7 nitrogen and oxygen atoms in total. The molecule has 3 aliphatic rings. The van der Waals surface area contributed by atoms with Crippen LogP contribution in [-0.4, -0.2) is 61.2 Å². The first-order chi connectivity index (χ1) is 13.0. The molecule has 2 N–H and O–H groups in total. The lowest BCUT2D eigenvalue weighted by Crippen LogP contribution is -2.46. The van der Waals surface area contributed by atoms with Gasteiger partial charge in [-0.05, 0) is 44.0 Å². The Kier molecular flexibility index (Phi) is 9.23. The lowest BCUT2D eigenvalue weighted by Gasteiger charge is -2.44. The number of hydrogen-bond acceptors (Lipinski definition) is 7. The monoisotopic (exact) mass is 413 g/mol. The smallest absolute Gasteiger partial charge is 0.328 e. The van der Waals surface area contributed by atoms with Crippen LogP contribution in [-0.2, 0) is 9.59 Å². The van der Waals surface area contributed by atoms with Crippen molar-refractivity contribution >= 4 is 35.4 Å². The third-order valence-corrected chi connectivity index (χ3v) is 6.57. The Hall–Kier alpha value is -1.45. The average Bonchev–Trinajstić information content (AvgIpc) is 3.13. The topological polar surface area (TPSA) is 104 Å². The molecule has 0 spiro atoms. The molecule has 150 valence electrons. The molecule has 0 amide bonds. The minimum atomic E-state index is -1.26. The van der Waals surface area contributed by atoms with E-state index in [1.165, 1.54) is 79.9 Å². The largest absolute Gasteiger partial charge is 0.478 e. The van der Waals surface area contributed by atoms with Gasteiger partial charge in [0.1, 0.15) is 5.03 Å². The normalized spacial score (nSPS) is 23.8. The van der Waals surface area contributed by atoms with Gasteiger partial charge in [-0.15, -0.1) is 11.8 Å². The van der Waals surface area contributed by atoms with Crippen LogP contribution in [0.3, 0.4) is 0 Å². The van der Waals surface area contributed by atoms with Gasteiger partial charge >= 0.3 is 11.9 Å². The molecule has 0 aromatic carbocycles. The summed E-state index contributed by atoms with van der Waals surface area (Å²) in [6.45, 7) is 6.09. The van der Waals surface area contributed by atoms with Crippen LogP contribution in [0.1, 0.15) is 50.6 Å². The van der Waals surface area contributed by atoms with Gasteiger partial charge in [0, 0.05) is 24.6 Å². The molecule has 0 radical (unpaired) electrons. The fourth-order valence-corrected chi connectivity index (χ4v) is 5.23. The van der Waals surface area contributed by atoms with E-state index in [2.05, 4.69) is 20.6 Å². The molecule has 1 aromatic heterocycles. The van der Waals surface area contributed by atoms with Crippen LogP contribution in [0.5, 0.6) is 0 Å². The van der Waals surface area contributed by atoms with Crippen LogP contribution >= 0.6 is 23.5 Å².